The van der Waals surface area contributed by atoms with Crippen LogP contribution >= 0.6 is 0 Å². The van der Waals surface area contributed by atoms with Crippen LogP contribution in [0.1, 0.15) is 5.56 Å². The SMILES string of the molecule is N#Cc1ccc(Oc2ccnc3cc(N)ccc23)c(F)c1. The maximum absolute atomic E-state index is 13.9. The standard InChI is InChI=1S/C16H10FN3O/c17-13-7-10(9-18)1-4-16(13)21-15-5-6-20-14-8-11(19)2-3-12(14)15/h1-8H,19H2. The third-order valence-electron chi connectivity index (χ3n) is 3.01. The van der Waals surface area contributed by atoms with Gasteiger partial charge in [-0.05, 0) is 42.5 Å². The number of anilines is 1. The largest absolute Gasteiger partial charge is 0.454 e. The van der Waals surface area contributed by atoms with Crippen LogP contribution in [0, 0.1) is 17.1 Å². The van der Waals surface area contributed by atoms with Crippen molar-refractivity contribution >= 4 is 16.6 Å². The first kappa shape index (κ1) is 12.9. The van der Waals surface area contributed by atoms with Crippen molar-refractivity contribution < 1.29 is 9.13 Å². The first-order chi connectivity index (χ1) is 10.2. The van der Waals surface area contributed by atoms with Crippen molar-refractivity contribution in [3.63, 3.8) is 0 Å². The molecule has 0 saturated carbocycles. The number of nitrogen functional groups attached to an aromatic ring is 1. The molecule has 4 nitrogen and oxygen atoms in total. The first-order valence-corrected chi connectivity index (χ1v) is 6.19. The van der Waals surface area contributed by atoms with E-state index >= 15 is 0 Å². The van der Waals surface area contributed by atoms with Crippen LogP contribution in [0.2, 0.25) is 0 Å². The monoisotopic (exact) mass is 279 g/mol. The molecule has 3 rings (SSSR count). The quantitative estimate of drug-likeness (QED) is 0.727. The molecule has 2 aromatic carbocycles. The van der Waals surface area contributed by atoms with Crippen molar-refractivity contribution in [1.29, 1.82) is 5.26 Å². The van der Waals surface area contributed by atoms with Gasteiger partial charge in [-0.2, -0.15) is 5.26 Å². The lowest BCUT2D eigenvalue weighted by Gasteiger charge is -2.09. The highest BCUT2D eigenvalue weighted by Gasteiger charge is 2.09. The highest BCUT2D eigenvalue weighted by molar-refractivity contribution is 5.87. The number of ether oxygens (including phenoxy) is 1. The molecular formula is C16H10FN3O. The Labute approximate surface area is 120 Å². The molecule has 102 valence electrons. The minimum atomic E-state index is -0.588. The van der Waals surface area contributed by atoms with Crippen LogP contribution in [-0.2, 0) is 0 Å². The summed E-state index contributed by atoms with van der Waals surface area (Å²) >= 11 is 0. The fourth-order valence-electron chi connectivity index (χ4n) is 2.00. The number of benzene rings is 2. The molecule has 0 aliphatic carbocycles. The van der Waals surface area contributed by atoms with E-state index in [2.05, 4.69) is 4.98 Å². The molecule has 0 amide bonds. The van der Waals surface area contributed by atoms with Gasteiger partial charge in [-0.3, -0.25) is 4.98 Å². The van der Waals surface area contributed by atoms with Crippen molar-refractivity contribution in [1.82, 2.24) is 4.98 Å². The third-order valence-corrected chi connectivity index (χ3v) is 3.01. The number of hydrogen-bond acceptors (Lipinski definition) is 4. The van der Waals surface area contributed by atoms with Crippen molar-refractivity contribution in [2.24, 2.45) is 0 Å². The van der Waals surface area contributed by atoms with E-state index in [1.54, 1.807) is 30.5 Å². The minimum Gasteiger partial charge on any atom is -0.454 e. The summed E-state index contributed by atoms with van der Waals surface area (Å²) in [5.41, 5.74) is 7.22. The Balaban J connectivity index is 2.04. The molecular weight excluding hydrogens is 269 g/mol. The Morgan fingerprint density at radius 2 is 1.95 bits per heavy atom. The van der Waals surface area contributed by atoms with Gasteiger partial charge in [0, 0.05) is 17.3 Å². The highest BCUT2D eigenvalue weighted by atomic mass is 19.1. The van der Waals surface area contributed by atoms with Gasteiger partial charge in [0.05, 0.1) is 17.1 Å². The van der Waals surface area contributed by atoms with Gasteiger partial charge in [0.2, 0.25) is 0 Å². The van der Waals surface area contributed by atoms with E-state index < -0.39 is 5.82 Å². The normalized spacial score (nSPS) is 10.3. The molecule has 0 atom stereocenters. The summed E-state index contributed by atoms with van der Waals surface area (Å²) in [5.74, 6) is -0.0589. The van der Waals surface area contributed by atoms with E-state index in [0.29, 0.717) is 17.0 Å². The molecule has 0 spiro atoms. The molecule has 2 N–H and O–H groups in total. The number of nitrogens with zero attached hydrogens (tertiary/aromatic N) is 2. The average molecular weight is 279 g/mol. The fraction of sp³-hybridized carbons (Fsp3) is 0. The van der Waals surface area contributed by atoms with Crippen LogP contribution in [-0.4, -0.2) is 4.98 Å². The lowest BCUT2D eigenvalue weighted by Crippen LogP contribution is -1.92. The Morgan fingerprint density at radius 3 is 2.71 bits per heavy atom. The summed E-state index contributed by atoms with van der Waals surface area (Å²) in [6.45, 7) is 0. The third kappa shape index (κ3) is 2.47. The number of rotatable bonds is 2. The molecule has 0 aliphatic rings. The molecule has 0 bridgehead atoms. The van der Waals surface area contributed by atoms with Gasteiger partial charge in [-0.15, -0.1) is 0 Å². The minimum absolute atomic E-state index is 0.0540. The summed E-state index contributed by atoms with van der Waals surface area (Å²) in [5, 5.41) is 9.46. The molecule has 21 heavy (non-hydrogen) atoms. The zero-order valence-electron chi connectivity index (χ0n) is 10.9. The Bertz CT molecular complexity index is 871. The van der Waals surface area contributed by atoms with Gasteiger partial charge >= 0.3 is 0 Å². The predicted molar refractivity (Wildman–Crippen MR) is 77.3 cm³/mol. The van der Waals surface area contributed by atoms with Crippen molar-refractivity contribution in [2.45, 2.75) is 0 Å². The van der Waals surface area contributed by atoms with Gasteiger partial charge in [0.15, 0.2) is 11.6 Å². The second-order valence-corrected chi connectivity index (χ2v) is 4.44. The van der Waals surface area contributed by atoms with E-state index in [9.17, 15) is 4.39 Å². The molecule has 0 radical (unpaired) electrons. The van der Waals surface area contributed by atoms with E-state index in [1.165, 1.54) is 12.1 Å². The first-order valence-electron chi connectivity index (χ1n) is 6.19. The Morgan fingerprint density at radius 1 is 1.10 bits per heavy atom. The maximum atomic E-state index is 13.9. The molecule has 5 heteroatoms. The molecule has 3 aromatic rings. The van der Waals surface area contributed by atoms with Crippen molar-refractivity contribution in [3.8, 4) is 17.6 Å². The van der Waals surface area contributed by atoms with E-state index in [0.717, 1.165) is 11.5 Å². The van der Waals surface area contributed by atoms with Crippen LogP contribution in [0.25, 0.3) is 10.9 Å². The topological polar surface area (TPSA) is 71.9 Å². The zero-order valence-corrected chi connectivity index (χ0v) is 10.9. The van der Waals surface area contributed by atoms with Gasteiger partial charge in [0.25, 0.3) is 0 Å². The van der Waals surface area contributed by atoms with Crippen LogP contribution in [0.4, 0.5) is 10.1 Å². The van der Waals surface area contributed by atoms with E-state index in [4.69, 9.17) is 15.7 Å². The van der Waals surface area contributed by atoms with Gasteiger partial charge in [0.1, 0.15) is 5.75 Å². The Kier molecular flexibility index (Phi) is 3.13. The number of hydrogen-bond donors (Lipinski definition) is 1. The van der Waals surface area contributed by atoms with Gasteiger partial charge in [-0.1, -0.05) is 0 Å². The van der Waals surface area contributed by atoms with Crippen LogP contribution < -0.4 is 10.5 Å². The lowest BCUT2D eigenvalue weighted by atomic mass is 10.2. The van der Waals surface area contributed by atoms with E-state index in [-0.39, 0.29) is 11.3 Å². The summed E-state index contributed by atoms with van der Waals surface area (Å²) in [6, 6.07) is 12.8. The van der Waals surface area contributed by atoms with Crippen LogP contribution in [0.15, 0.2) is 48.7 Å². The molecule has 0 saturated heterocycles. The fourth-order valence-corrected chi connectivity index (χ4v) is 2.00. The smallest absolute Gasteiger partial charge is 0.167 e. The number of nitriles is 1. The lowest BCUT2D eigenvalue weighted by molar-refractivity contribution is 0.446. The molecule has 0 unspecified atom stereocenters. The molecule has 1 aromatic heterocycles. The molecule has 0 aliphatic heterocycles. The second kappa shape index (κ2) is 5.10. The van der Waals surface area contributed by atoms with Gasteiger partial charge < -0.3 is 10.5 Å². The average Bonchev–Trinajstić information content (AvgIpc) is 2.49. The number of halogens is 1. The predicted octanol–water partition coefficient (Wildman–Crippen LogP) is 3.62. The number of fused-ring (bicyclic) bond motifs is 1. The summed E-state index contributed by atoms with van der Waals surface area (Å²) in [6.07, 6.45) is 1.57. The van der Waals surface area contributed by atoms with Gasteiger partial charge in [-0.25, -0.2) is 4.39 Å². The zero-order chi connectivity index (χ0) is 14.8. The van der Waals surface area contributed by atoms with Crippen molar-refractivity contribution in [3.05, 3.63) is 60.0 Å². The van der Waals surface area contributed by atoms with Crippen LogP contribution in [0.5, 0.6) is 11.5 Å². The van der Waals surface area contributed by atoms with E-state index in [1.807, 2.05) is 6.07 Å². The molecule has 0 fully saturated rings. The maximum Gasteiger partial charge on any atom is 0.167 e. The summed E-state index contributed by atoms with van der Waals surface area (Å²) in [4.78, 5) is 4.20. The Hall–Kier alpha value is -3.13. The summed E-state index contributed by atoms with van der Waals surface area (Å²) in [7, 11) is 0. The summed E-state index contributed by atoms with van der Waals surface area (Å²) < 4.78 is 19.5. The number of aromatic nitrogens is 1. The molecule has 1 heterocycles. The number of nitrogens with two attached hydrogens (primary N) is 1. The number of pyridine rings is 1. The van der Waals surface area contributed by atoms with Crippen LogP contribution in [0.3, 0.4) is 0 Å². The van der Waals surface area contributed by atoms with Crippen molar-refractivity contribution in [2.75, 3.05) is 5.73 Å². The highest BCUT2D eigenvalue weighted by Crippen LogP contribution is 2.31. The second-order valence-electron chi connectivity index (χ2n) is 4.44.